The highest BCUT2D eigenvalue weighted by Crippen LogP contribution is 2.39. The zero-order valence-corrected chi connectivity index (χ0v) is 20.8. The first kappa shape index (κ1) is 22.6. The van der Waals surface area contributed by atoms with Gasteiger partial charge in [-0.2, -0.15) is 0 Å². The fourth-order valence-corrected chi connectivity index (χ4v) is 4.84. The maximum Gasteiger partial charge on any atom is 0.119 e. The van der Waals surface area contributed by atoms with Crippen LogP contribution in [0.4, 0.5) is 17.1 Å². The van der Waals surface area contributed by atoms with Crippen LogP contribution in [0.5, 0.6) is 11.5 Å². The molecule has 1 aromatic heterocycles. The van der Waals surface area contributed by atoms with Gasteiger partial charge in [-0.25, -0.2) is 4.98 Å². The zero-order valence-electron chi connectivity index (χ0n) is 20.8. The van der Waals surface area contributed by atoms with E-state index >= 15 is 0 Å². The van der Waals surface area contributed by atoms with Crippen molar-refractivity contribution in [3.8, 4) is 22.6 Å². The number of benzene rings is 5. The maximum atomic E-state index is 5.39. The SMILES string of the molecule is COc1ccc(N(c2ccc(OC)cc2)c2ccc(-c3c4ccccc4nc4ccccc34)cc2)cc1. The van der Waals surface area contributed by atoms with Gasteiger partial charge in [-0.15, -0.1) is 0 Å². The van der Waals surface area contributed by atoms with Crippen molar-refractivity contribution in [3.05, 3.63) is 121 Å². The highest BCUT2D eigenvalue weighted by Gasteiger charge is 2.15. The van der Waals surface area contributed by atoms with Gasteiger partial charge in [-0.3, -0.25) is 0 Å². The van der Waals surface area contributed by atoms with Crippen molar-refractivity contribution in [3.63, 3.8) is 0 Å². The summed E-state index contributed by atoms with van der Waals surface area (Å²) in [6.07, 6.45) is 0. The van der Waals surface area contributed by atoms with E-state index in [2.05, 4.69) is 89.8 Å². The molecule has 0 unspecified atom stereocenters. The second kappa shape index (κ2) is 9.67. The number of fused-ring (bicyclic) bond motifs is 2. The molecule has 0 aliphatic heterocycles. The topological polar surface area (TPSA) is 34.6 Å². The molecule has 0 saturated heterocycles. The van der Waals surface area contributed by atoms with Gasteiger partial charge >= 0.3 is 0 Å². The van der Waals surface area contributed by atoms with E-state index in [0.29, 0.717) is 0 Å². The zero-order chi connectivity index (χ0) is 25.2. The highest BCUT2D eigenvalue weighted by molar-refractivity contribution is 6.09. The Morgan fingerprint density at radius 3 is 1.32 bits per heavy atom. The molecule has 0 saturated carbocycles. The average molecular weight is 483 g/mol. The molecule has 0 N–H and O–H groups in total. The first-order valence-electron chi connectivity index (χ1n) is 12.2. The van der Waals surface area contributed by atoms with Crippen molar-refractivity contribution >= 4 is 38.9 Å². The quantitative estimate of drug-likeness (QED) is 0.223. The summed E-state index contributed by atoms with van der Waals surface area (Å²) < 4.78 is 10.8. The molecule has 0 fully saturated rings. The van der Waals surface area contributed by atoms with Crippen molar-refractivity contribution in [2.24, 2.45) is 0 Å². The standard InChI is InChI=1S/C33H26N2O2/c1-36-27-19-15-25(16-20-27)35(26-17-21-28(37-2)22-18-26)24-13-11-23(12-14-24)33-29-7-3-5-9-31(29)34-32-10-6-4-8-30(32)33/h3-22H,1-2H3. The van der Waals surface area contributed by atoms with Crippen LogP contribution in [0.25, 0.3) is 32.9 Å². The molecule has 4 heteroatoms. The third-order valence-corrected chi connectivity index (χ3v) is 6.66. The molecule has 0 amide bonds. The molecule has 1 heterocycles. The number of hydrogen-bond acceptors (Lipinski definition) is 4. The smallest absolute Gasteiger partial charge is 0.119 e. The van der Waals surface area contributed by atoms with Crippen LogP contribution in [0.1, 0.15) is 0 Å². The van der Waals surface area contributed by atoms with E-state index in [0.717, 1.165) is 55.9 Å². The number of rotatable bonds is 6. The van der Waals surface area contributed by atoms with Crippen LogP contribution in [0.15, 0.2) is 121 Å². The van der Waals surface area contributed by atoms with Gasteiger partial charge in [0.05, 0.1) is 25.3 Å². The van der Waals surface area contributed by atoms with E-state index in [1.807, 2.05) is 36.4 Å². The van der Waals surface area contributed by atoms with E-state index in [4.69, 9.17) is 14.5 Å². The van der Waals surface area contributed by atoms with Crippen LogP contribution in [-0.4, -0.2) is 19.2 Å². The lowest BCUT2D eigenvalue weighted by molar-refractivity contribution is 0.415. The molecule has 5 aromatic carbocycles. The summed E-state index contributed by atoms with van der Waals surface area (Å²) in [6.45, 7) is 0. The Morgan fingerprint density at radius 1 is 0.486 bits per heavy atom. The summed E-state index contributed by atoms with van der Waals surface area (Å²) in [5, 5.41) is 2.30. The number of methoxy groups -OCH3 is 2. The predicted molar refractivity (Wildman–Crippen MR) is 152 cm³/mol. The number of hydrogen-bond donors (Lipinski definition) is 0. The predicted octanol–water partition coefficient (Wildman–Crippen LogP) is 8.54. The first-order valence-corrected chi connectivity index (χ1v) is 12.2. The van der Waals surface area contributed by atoms with Crippen LogP contribution in [0.2, 0.25) is 0 Å². The van der Waals surface area contributed by atoms with Crippen LogP contribution >= 0.6 is 0 Å². The monoisotopic (exact) mass is 482 g/mol. The molecule has 0 aliphatic carbocycles. The number of anilines is 3. The van der Waals surface area contributed by atoms with Gasteiger partial charge in [-0.1, -0.05) is 48.5 Å². The van der Waals surface area contributed by atoms with Crippen molar-refractivity contribution in [1.82, 2.24) is 4.98 Å². The van der Waals surface area contributed by atoms with Crippen LogP contribution < -0.4 is 14.4 Å². The van der Waals surface area contributed by atoms with Crippen molar-refractivity contribution in [2.45, 2.75) is 0 Å². The third-order valence-electron chi connectivity index (χ3n) is 6.66. The van der Waals surface area contributed by atoms with Gasteiger partial charge in [0.2, 0.25) is 0 Å². The molecule has 0 aliphatic rings. The lowest BCUT2D eigenvalue weighted by Gasteiger charge is -2.26. The van der Waals surface area contributed by atoms with Crippen LogP contribution in [-0.2, 0) is 0 Å². The Hall–Kier alpha value is -4.83. The molecule has 180 valence electrons. The largest absolute Gasteiger partial charge is 0.497 e. The summed E-state index contributed by atoms with van der Waals surface area (Å²) in [7, 11) is 3.36. The maximum absolute atomic E-state index is 5.39. The Bertz CT molecular complexity index is 1570. The fraction of sp³-hybridized carbons (Fsp3) is 0.0606. The van der Waals surface area contributed by atoms with Crippen LogP contribution in [0, 0.1) is 0 Å². The van der Waals surface area contributed by atoms with Crippen molar-refractivity contribution in [1.29, 1.82) is 0 Å². The average Bonchev–Trinajstić information content (AvgIpc) is 2.97. The van der Waals surface area contributed by atoms with E-state index in [1.165, 1.54) is 5.56 Å². The van der Waals surface area contributed by atoms with E-state index < -0.39 is 0 Å². The molecule has 0 atom stereocenters. The van der Waals surface area contributed by atoms with Gasteiger partial charge < -0.3 is 14.4 Å². The molecule has 6 aromatic rings. The Balaban J connectivity index is 1.48. The molecule has 4 nitrogen and oxygen atoms in total. The second-order valence-corrected chi connectivity index (χ2v) is 8.80. The Morgan fingerprint density at radius 2 is 0.892 bits per heavy atom. The lowest BCUT2D eigenvalue weighted by Crippen LogP contribution is -2.09. The molecule has 6 rings (SSSR count). The van der Waals surface area contributed by atoms with Gasteiger partial charge in [0.15, 0.2) is 0 Å². The Labute approximate surface area is 216 Å². The lowest BCUT2D eigenvalue weighted by atomic mass is 9.96. The van der Waals surface area contributed by atoms with E-state index in [1.54, 1.807) is 14.2 Å². The molecule has 0 spiro atoms. The minimum atomic E-state index is 0.824. The summed E-state index contributed by atoms with van der Waals surface area (Å²) in [5.41, 5.74) is 7.49. The van der Waals surface area contributed by atoms with Gasteiger partial charge in [0, 0.05) is 33.4 Å². The molecule has 0 radical (unpaired) electrons. The molecular formula is C33H26N2O2. The Kier molecular flexibility index (Phi) is 5.91. The normalized spacial score (nSPS) is 11.0. The second-order valence-electron chi connectivity index (χ2n) is 8.80. The van der Waals surface area contributed by atoms with Crippen molar-refractivity contribution < 1.29 is 9.47 Å². The molecule has 37 heavy (non-hydrogen) atoms. The van der Waals surface area contributed by atoms with Crippen LogP contribution in [0.3, 0.4) is 0 Å². The van der Waals surface area contributed by atoms with E-state index in [-0.39, 0.29) is 0 Å². The summed E-state index contributed by atoms with van der Waals surface area (Å²) >= 11 is 0. The first-order chi connectivity index (χ1) is 18.2. The summed E-state index contributed by atoms with van der Waals surface area (Å²) in [4.78, 5) is 7.12. The van der Waals surface area contributed by atoms with Crippen molar-refractivity contribution in [2.75, 3.05) is 19.1 Å². The highest BCUT2D eigenvalue weighted by atomic mass is 16.5. The minimum absolute atomic E-state index is 0.824. The number of aromatic nitrogens is 1. The number of ether oxygens (including phenoxy) is 2. The fourth-order valence-electron chi connectivity index (χ4n) is 4.84. The van der Waals surface area contributed by atoms with Gasteiger partial charge in [-0.05, 0) is 78.4 Å². The van der Waals surface area contributed by atoms with E-state index in [9.17, 15) is 0 Å². The number of pyridine rings is 1. The molecule has 0 bridgehead atoms. The minimum Gasteiger partial charge on any atom is -0.497 e. The summed E-state index contributed by atoms with van der Waals surface area (Å²) in [5.74, 6) is 1.65. The third kappa shape index (κ3) is 4.23. The number of para-hydroxylation sites is 2. The summed E-state index contributed by atoms with van der Waals surface area (Å²) in [6, 6.07) is 41.6. The van der Waals surface area contributed by atoms with Gasteiger partial charge in [0.1, 0.15) is 11.5 Å². The molecular weight excluding hydrogens is 456 g/mol. The van der Waals surface area contributed by atoms with Gasteiger partial charge in [0.25, 0.3) is 0 Å². The number of nitrogens with zero attached hydrogens (tertiary/aromatic N) is 2.